The molecule has 0 fully saturated rings. The molecule has 0 heterocycles. The summed E-state index contributed by atoms with van der Waals surface area (Å²) in [5, 5.41) is 0. The third-order valence-corrected chi connectivity index (χ3v) is 7.90. The molecule has 0 rings (SSSR count). The Morgan fingerprint density at radius 3 is 1.74 bits per heavy atom. The van der Waals surface area contributed by atoms with E-state index in [1.807, 2.05) is 0 Å². The lowest BCUT2D eigenvalue weighted by atomic mass is 10.1. The van der Waals surface area contributed by atoms with Gasteiger partial charge in [-0.3, -0.25) is 18.6 Å². The van der Waals surface area contributed by atoms with Gasteiger partial charge in [0.15, 0.2) is 6.10 Å². The minimum Gasteiger partial charge on any atom is -0.462 e. The molecule has 0 saturated carbocycles. The second-order valence-corrected chi connectivity index (χ2v) is 12.8. The lowest BCUT2D eigenvalue weighted by Crippen LogP contribution is -2.29. The van der Waals surface area contributed by atoms with Crippen LogP contribution in [0.4, 0.5) is 0 Å². The molecular weight excluding hydrogens is 617 g/mol. The Labute approximate surface area is 285 Å². The highest BCUT2D eigenvalue weighted by molar-refractivity contribution is 7.47. The van der Waals surface area contributed by atoms with Gasteiger partial charge in [0, 0.05) is 19.4 Å². The number of hydrogen-bond acceptors (Lipinski definition) is 8. The minimum atomic E-state index is -4.37. The largest absolute Gasteiger partial charge is 0.472 e. The average molecular weight is 682 g/mol. The normalized spacial score (nSPS) is 14.2. The van der Waals surface area contributed by atoms with Crippen molar-refractivity contribution in [3.8, 4) is 0 Å². The van der Waals surface area contributed by atoms with Crippen molar-refractivity contribution in [3.05, 3.63) is 60.8 Å². The van der Waals surface area contributed by atoms with Crippen molar-refractivity contribution < 1.29 is 37.6 Å². The number of rotatable bonds is 32. The number of allylic oxidation sites excluding steroid dienone is 10. The molecular formula is C37H64NO8P. The van der Waals surface area contributed by atoms with E-state index in [2.05, 4.69) is 74.6 Å². The molecule has 47 heavy (non-hydrogen) atoms. The Hall–Kier alpha value is -2.29. The fourth-order valence-electron chi connectivity index (χ4n) is 4.31. The van der Waals surface area contributed by atoms with Gasteiger partial charge in [0.05, 0.1) is 13.2 Å². The molecule has 9 nitrogen and oxygen atoms in total. The molecule has 10 heteroatoms. The third-order valence-electron chi connectivity index (χ3n) is 6.92. The molecule has 0 spiro atoms. The van der Waals surface area contributed by atoms with E-state index in [-0.39, 0.29) is 32.6 Å². The number of phosphoric acid groups is 1. The van der Waals surface area contributed by atoms with Gasteiger partial charge in [-0.05, 0) is 57.8 Å². The number of carbonyl (C=O) groups is 2. The van der Waals surface area contributed by atoms with Crippen molar-refractivity contribution in [1.29, 1.82) is 0 Å². The summed E-state index contributed by atoms with van der Waals surface area (Å²) < 4.78 is 32.4. The van der Waals surface area contributed by atoms with Gasteiger partial charge < -0.3 is 20.1 Å². The topological polar surface area (TPSA) is 134 Å². The highest BCUT2D eigenvalue weighted by Crippen LogP contribution is 2.43. The number of nitrogens with two attached hydrogens (primary N) is 1. The molecule has 0 aromatic carbocycles. The number of unbranched alkanes of at least 4 members (excludes halogenated alkanes) is 9. The summed E-state index contributed by atoms with van der Waals surface area (Å²) in [6.07, 6.45) is 37.0. The fourth-order valence-corrected chi connectivity index (χ4v) is 5.07. The third kappa shape index (κ3) is 33.4. The van der Waals surface area contributed by atoms with Crippen LogP contribution in [0.2, 0.25) is 0 Å². The first-order chi connectivity index (χ1) is 22.8. The van der Waals surface area contributed by atoms with E-state index in [0.29, 0.717) is 6.42 Å². The first-order valence-corrected chi connectivity index (χ1v) is 19.3. The first kappa shape index (κ1) is 44.7. The van der Waals surface area contributed by atoms with E-state index in [9.17, 15) is 19.0 Å². The summed E-state index contributed by atoms with van der Waals surface area (Å²) in [4.78, 5) is 34.5. The summed E-state index contributed by atoms with van der Waals surface area (Å²) in [5.74, 6) is -0.881. The van der Waals surface area contributed by atoms with Gasteiger partial charge in [-0.2, -0.15) is 0 Å². The van der Waals surface area contributed by atoms with Crippen LogP contribution < -0.4 is 5.73 Å². The Morgan fingerprint density at radius 2 is 1.17 bits per heavy atom. The van der Waals surface area contributed by atoms with Crippen LogP contribution in [0.3, 0.4) is 0 Å². The van der Waals surface area contributed by atoms with Gasteiger partial charge in [0.1, 0.15) is 6.61 Å². The van der Waals surface area contributed by atoms with E-state index in [0.717, 1.165) is 77.0 Å². The van der Waals surface area contributed by atoms with E-state index < -0.39 is 32.5 Å². The van der Waals surface area contributed by atoms with Crippen LogP contribution in [0.1, 0.15) is 129 Å². The lowest BCUT2D eigenvalue weighted by Gasteiger charge is -2.19. The predicted molar refractivity (Wildman–Crippen MR) is 192 cm³/mol. The average Bonchev–Trinajstić information content (AvgIpc) is 3.05. The zero-order valence-corrected chi connectivity index (χ0v) is 30.1. The van der Waals surface area contributed by atoms with Gasteiger partial charge in [-0.25, -0.2) is 4.57 Å². The Bertz CT molecular complexity index is 960. The quantitative estimate of drug-likeness (QED) is 0.0308. The van der Waals surface area contributed by atoms with Crippen LogP contribution >= 0.6 is 7.82 Å². The van der Waals surface area contributed by atoms with Crippen LogP contribution in [0.15, 0.2) is 60.8 Å². The minimum absolute atomic E-state index is 0.0453. The summed E-state index contributed by atoms with van der Waals surface area (Å²) in [5.41, 5.74) is 5.31. The number of carbonyl (C=O) groups excluding carboxylic acids is 2. The summed E-state index contributed by atoms with van der Waals surface area (Å²) in [6, 6.07) is 0. The number of esters is 2. The van der Waals surface area contributed by atoms with Gasteiger partial charge >= 0.3 is 19.8 Å². The van der Waals surface area contributed by atoms with Gasteiger partial charge in [-0.1, -0.05) is 120 Å². The molecule has 0 aliphatic rings. The van der Waals surface area contributed by atoms with Gasteiger partial charge in [-0.15, -0.1) is 0 Å². The van der Waals surface area contributed by atoms with Crippen molar-refractivity contribution >= 4 is 19.8 Å². The SMILES string of the molecule is CC/C=C/C/C=C/C/C=C/C/C=C/C/C=C/CCCCCC(=O)O[C@H](COC(=O)CCCCCCCCC)COP(=O)(O)OCCN. The molecule has 3 N–H and O–H groups in total. The lowest BCUT2D eigenvalue weighted by molar-refractivity contribution is -0.161. The van der Waals surface area contributed by atoms with Crippen molar-refractivity contribution in [2.45, 2.75) is 136 Å². The number of ether oxygens (including phenoxy) is 2. The maximum Gasteiger partial charge on any atom is 0.472 e. The summed E-state index contributed by atoms with van der Waals surface area (Å²) in [6.45, 7) is 3.49. The number of phosphoric ester groups is 1. The molecule has 1 unspecified atom stereocenters. The van der Waals surface area contributed by atoms with Crippen LogP contribution in [0, 0.1) is 0 Å². The van der Waals surface area contributed by atoms with E-state index >= 15 is 0 Å². The zero-order valence-electron chi connectivity index (χ0n) is 29.2. The second-order valence-electron chi connectivity index (χ2n) is 11.4. The molecule has 0 saturated heterocycles. The molecule has 0 aliphatic carbocycles. The van der Waals surface area contributed by atoms with Crippen LogP contribution in [-0.4, -0.2) is 49.3 Å². The Balaban J connectivity index is 4.29. The maximum atomic E-state index is 12.5. The summed E-state index contributed by atoms with van der Waals surface area (Å²) >= 11 is 0. The summed E-state index contributed by atoms with van der Waals surface area (Å²) in [7, 11) is -4.37. The molecule has 0 radical (unpaired) electrons. The van der Waals surface area contributed by atoms with E-state index in [1.54, 1.807) is 0 Å². The highest BCUT2D eigenvalue weighted by Gasteiger charge is 2.25. The standard InChI is InChI=1S/C37H64NO8P/c1-3-5-7-9-11-12-13-14-15-16-17-18-19-20-21-22-24-26-28-30-37(40)46-35(34-45-47(41,42)44-32-31-38)33-43-36(39)29-27-25-23-10-8-6-4-2/h5,7,11-12,14-15,17-18,20-21,35H,3-4,6,8-10,13,16,19,22-34,38H2,1-2H3,(H,41,42)/b7-5+,12-11+,15-14+,18-17+,21-20+/t35-/m1/s1. The Kier molecular flexibility index (Phi) is 32.0. The van der Waals surface area contributed by atoms with Gasteiger partial charge in [0.2, 0.25) is 0 Å². The van der Waals surface area contributed by atoms with Crippen LogP contribution in [0.25, 0.3) is 0 Å². The fraction of sp³-hybridized carbons (Fsp3) is 0.676. The van der Waals surface area contributed by atoms with E-state index in [4.69, 9.17) is 24.3 Å². The number of hydrogen-bond donors (Lipinski definition) is 2. The van der Waals surface area contributed by atoms with Crippen molar-refractivity contribution in [2.24, 2.45) is 5.73 Å². The molecule has 2 atom stereocenters. The molecule has 270 valence electrons. The predicted octanol–water partition coefficient (Wildman–Crippen LogP) is 9.38. The smallest absolute Gasteiger partial charge is 0.462 e. The zero-order chi connectivity index (χ0) is 34.7. The van der Waals surface area contributed by atoms with Crippen molar-refractivity contribution in [1.82, 2.24) is 0 Å². The second kappa shape index (κ2) is 33.6. The molecule has 0 bridgehead atoms. The highest BCUT2D eigenvalue weighted by atomic mass is 31.2. The maximum absolute atomic E-state index is 12.5. The monoisotopic (exact) mass is 681 g/mol. The van der Waals surface area contributed by atoms with Crippen LogP contribution in [-0.2, 0) is 32.7 Å². The molecule has 0 aromatic heterocycles. The van der Waals surface area contributed by atoms with Crippen molar-refractivity contribution in [3.63, 3.8) is 0 Å². The molecule has 0 amide bonds. The van der Waals surface area contributed by atoms with E-state index in [1.165, 1.54) is 19.3 Å². The van der Waals surface area contributed by atoms with Gasteiger partial charge in [0.25, 0.3) is 0 Å². The molecule has 0 aromatic rings. The Morgan fingerprint density at radius 1 is 0.660 bits per heavy atom. The van der Waals surface area contributed by atoms with Crippen molar-refractivity contribution in [2.75, 3.05) is 26.4 Å². The van der Waals surface area contributed by atoms with Crippen LogP contribution in [0.5, 0.6) is 0 Å². The molecule has 0 aliphatic heterocycles. The first-order valence-electron chi connectivity index (χ1n) is 17.8.